The van der Waals surface area contributed by atoms with Crippen LogP contribution in [-0.2, 0) is 27.3 Å². The molecule has 0 spiro atoms. The number of imidazole rings is 1. The van der Waals surface area contributed by atoms with E-state index in [4.69, 9.17) is 11.6 Å². The van der Waals surface area contributed by atoms with Crippen LogP contribution in [0.15, 0.2) is 6.20 Å². The molecular formula is C15H22ClN3O3. The number of hydrogen-bond donors (Lipinski definition) is 0. The Labute approximate surface area is 135 Å². The number of aromatic nitrogens is 2. The van der Waals surface area contributed by atoms with Gasteiger partial charge in [-0.1, -0.05) is 11.6 Å². The molecule has 0 atom stereocenters. The first-order chi connectivity index (χ1) is 10.6. The Kier molecular flexibility index (Phi) is 6.24. The Hall–Kier alpha value is -1.56. The molecule has 1 aromatic heterocycles. The number of likely N-dealkylation sites (tertiary alicyclic amines) is 1. The normalized spacial score (nSPS) is 14.9. The lowest BCUT2D eigenvalue weighted by Crippen LogP contribution is -2.35. The maximum Gasteiger partial charge on any atom is 0.307 e. The topological polar surface area (TPSA) is 64.4 Å². The molecule has 122 valence electrons. The van der Waals surface area contributed by atoms with Crippen LogP contribution in [0.3, 0.4) is 0 Å². The summed E-state index contributed by atoms with van der Waals surface area (Å²) in [5, 5.41) is 0.476. The molecule has 1 fully saturated rings. The molecule has 0 radical (unpaired) electrons. The number of aryl methyl sites for hydroxylation is 1. The summed E-state index contributed by atoms with van der Waals surface area (Å²) in [5.41, 5.74) is 0. The van der Waals surface area contributed by atoms with Crippen LogP contribution < -0.4 is 0 Å². The van der Waals surface area contributed by atoms with Gasteiger partial charge in [0.1, 0.15) is 11.0 Å². The number of hydrogen-bond acceptors (Lipinski definition) is 4. The van der Waals surface area contributed by atoms with Crippen LogP contribution in [-0.4, -0.2) is 46.5 Å². The van der Waals surface area contributed by atoms with Gasteiger partial charge in [0.2, 0.25) is 5.91 Å². The third-order valence-electron chi connectivity index (χ3n) is 3.93. The quantitative estimate of drug-likeness (QED) is 0.750. The molecule has 1 aliphatic heterocycles. The monoisotopic (exact) mass is 327 g/mol. The van der Waals surface area contributed by atoms with Crippen molar-refractivity contribution in [3.05, 3.63) is 17.2 Å². The highest BCUT2D eigenvalue weighted by molar-refractivity contribution is 6.29. The molecule has 0 saturated carbocycles. The minimum absolute atomic E-state index is 0.165. The first-order valence-corrected chi connectivity index (χ1v) is 8.04. The molecule has 1 aliphatic rings. The van der Waals surface area contributed by atoms with Gasteiger partial charge in [-0.2, -0.15) is 0 Å². The fourth-order valence-electron chi connectivity index (χ4n) is 2.65. The summed E-state index contributed by atoms with van der Waals surface area (Å²) in [4.78, 5) is 29.6. The second-order valence-corrected chi connectivity index (χ2v) is 5.80. The number of esters is 1. The van der Waals surface area contributed by atoms with Gasteiger partial charge in [0.05, 0.1) is 19.7 Å². The molecule has 0 unspecified atom stereocenters. The molecule has 2 heterocycles. The molecule has 0 N–H and O–H groups in total. The molecule has 0 bridgehead atoms. The molecular weight excluding hydrogens is 306 g/mol. The fourth-order valence-corrected chi connectivity index (χ4v) is 2.88. The predicted molar refractivity (Wildman–Crippen MR) is 82.6 cm³/mol. The number of amides is 1. The summed E-state index contributed by atoms with van der Waals surface area (Å²) in [6.07, 6.45) is 6.13. The van der Waals surface area contributed by atoms with E-state index in [1.807, 2.05) is 4.90 Å². The number of carbonyl (C=O) groups excluding carboxylic acids is 2. The molecule has 22 heavy (non-hydrogen) atoms. The fraction of sp³-hybridized carbons (Fsp3) is 0.667. The predicted octanol–water partition coefficient (Wildman–Crippen LogP) is 2.04. The van der Waals surface area contributed by atoms with Gasteiger partial charge in [-0.25, -0.2) is 4.98 Å². The molecule has 0 aliphatic carbocycles. The summed E-state index contributed by atoms with van der Waals surface area (Å²) < 4.78 is 6.40. The zero-order chi connectivity index (χ0) is 15.9. The van der Waals surface area contributed by atoms with Crippen molar-refractivity contribution in [1.82, 2.24) is 14.5 Å². The minimum atomic E-state index is -0.292. The lowest BCUT2D eigenvalue weighted by molar-refractivity contribution is -0.140. The average molecular weight is 328 g/mol. The van der Waals surface area contributed by atoms with Gasteiger partial charge in [-0.3, -0.25) is 9.59 Å². The van der Waals surface area contributed by atoms with Crippen LogP contribution >= 0.6 is 11.6 Å². The number of ether oxygens (including phenoxy) is 1. The third kappa shape index (κ3) is 4.47. The maximum absolute atomic E-state index is 12.2. The van der Waals surface area contributed by atoms with Gasteiger partial charge in [0, 0.05) is 32.5 Å². The van der Waals surface area contributed by atoms with Crippen molar-refractivity contribution in [3.8, 4) is 0 Å². The van der Waals surface area contributed by atoms with Crippen LogP contribution in [0, 0.1) is 0 Å². The Morgan fingerprint density at radius 1 is 1.27 bits per heavy atom. The number of halogens is 1. The standard InChI is InChI=1S/C15H22ClN3O3/c1-22-15(21)7-10-19-12(16)11-17-13(19)5-6-14(20)18-8-3-2-4-9-18/h11H,2-10H2,1H3. The molecule has 7 heteroatoms. The van der Waals surface area contributed by atoms with E-state index >= 15 is 0 Å². The number of methoxy groups -OCH3 is 1. The zero-order valence-electron chi connectivity index (χ0n) is 12.9. The van der Waals surface area contributed by atoms with E-state index < -0.39 is 0 Å². The number of piperidine rings is 1. The third-order valence-corrected chi connectivity index (χ3v) is 4.23. The van der Waals surface area contributed by atoms with Gasteiger partial charge in [0.15, 0.2) is 0 Å². The second kappa shape index (κ2) is 8.17. The Morgan fingerprint density at radius 2 is 2.00 bits per heavy atom. The van der Waals surface area contributed by atoms with E-state index in [1.54, 1.807) is 10.8 Å². The second-order valence-electron chi connectivity index (χ2n) is 5.42. The van der Waals surface area contributed by atoms with Crippen molar-refractivity contribution < 1.29 is 14.3 Å². The molecule has 1 aromatic rings. The minimum Gasteiger partial charge on any atom is -0.469 e. The van der Waals surface area contributed by atoms with E-state index in [0.29, 0.717) is 24.5 Å². The summed E-state index contributed by atoms with van der Waals surface area (Å²) in [7, 11) is 1.36. The Bertz CT molecular complexity index is 524. The van der Waals surface area contributed by atoms with Gasteiger partial charge < -0.3 is 14.2 Å². The smallest absolute Gasteiger partial charge is 0.307 e. The number of nitrogens with zero attached hydrogens (tertiary/aromatic N) is 3. The van der Waals surface area contributed by atoms with Crippen molar-refractivity contribution in [1.29, 1.82) is 0 Å². The molecule has 1 amide bonds. The first kappa shape index (κ1) is 16.8. The largest absolute Gasteiger partial charge is 0.469 e. The highest BCUT2D eigenvalue weighted by Gasteiger charge is 2.18. The number of rotatable bonds is 6. The van der Waals surface area contributed by atoms with Crippen LogP contribution in [0.5, 0.6) is 0 Å². The lowest BCUT2D eigenvalue weighted by Gasteiger charge is -2.26. The van der Waals surface area contributed by atoms with Crippen molar-refractivity contribution in [2.24, 2.45) is 0 Å². The van der Waals surface area contributed by atoms with E-state index in [0.717, 1.165) is 31.8 Å². The van der Waals surface area contributed by atoms with E-state index in [1.165, 1.54) is 13.5 Å². The van der Waals surface area contributed by atoms with E-state index in [2.05, 4.69) is 9.72 Å². The van der Waals surface area contributed by atoms with Crippen molar-refractivity contribution in [2.45, 2.75) is 45.1 Å². The van der Waals surface area contributed by atoms with E-state index in [-0.39, 0.29) is 18.3 Å². The SMILES string of the molecule is COC(=O)CCn1c(Cl)cnc1CCC(=O)N1CCCCC1. The summed E-state index contributed by atoms with van der Waals surface area (Å²) >= 11 is 6.09. The Morgan fingerprint density at radius 3 is 2.68 bits per heavy atom. The lowest BCUT2D eigenvalue weighted by atomic mass is 10.1. The summed E-state index contributed by atoms with van der Waals surface area (Å²) in [6, 6.07) is 0. The van der Waals surface area contributed by atoms with Crippen LogP contribution in [0.25, 0.3) is 0 Å². The zero-order valence-corrected chi connectivity index (χ0v) is 13.6. The molecule has 2 rings (SSSR count). The van der Waals surface area contributed by atoms with Crippen LogP contribution in [0.2, 0.25) is 5.15 Å². The van der Waals surface area contributed by atoms with Gasteiger partial charge >= 0.3 is 5.97 Å². The van der Waals surface area contributed by atoms with E-state index in [9.17, 15) is 9.59 Å². The van der Waals surface area contributed by atoms with Crippen molar-refractivity contribution in [3.63, 3.8) is 0 Å². The first-order valence-electron chi connectivity index (χ1n) is 7.66. The summed E-state index contributed by atoms with van der Waals surface area (Å²) in [5.74, 6) is 0.609. The Balaban J connectivity index is 1.89. The molecule has 1 saturated heterocycles. The number of carbonyl (C=O) groups is 2. The van der Waals surface area contributed by atoms with Gasteiger partial charge in [0.25, 0.3) is 0 Å². The highest BCUT2D eigenvalue weighted by Crippen LogP contribution is 2.16. The average Bonchev–Trinajstić information content (AvgIpc) is 2.91. The molecule has 6 nitrogen and oxygen atoms in total. The van der Waals surface area contributed by atoms with Gasteiger partial charge in [-0.05, 0) is 19.3 Å². The maximum atomic E-state index is 12.2. The van der Waals surface area contributed by atoms with Crippen LogP contribution in [0.4, 0.5) is 0 Å². The van der Waals surface area contributed by atoms with Crippen molar-refractivity contribution >= 4 is 23.5 Å². The van der Waals surface area contributed by atoms with Gasteiger partial charge in [-0.15, -0.1) is 0 Å². The van der Waals surface area contributed by atoms with Crippen LogP contribution in [0.1, 0.15) is 37.9 Å². The summed E-state index contributed by atoms with van der Waals surface area (Å²) in [6.45, 7) is 2.13. The highest BCUT2D eigenvalue weighted by atomic mass is 35.5. The molecule has 0 aromatic carbocycles. The van der Waals surface area contributed by atoms with Crippen molar-refractivity contribution in [2.75, 3.05) is 20.2 Å².